The first-order valence-electron chi connectivity index (χ1n) is 8.83. The van der Waals surface area contributed by atoms with E-state index in [2.05, 4.69) is 20.0 Å². The van der Waals surface area contributed by atoms with Gasteiger partial charge in [-0.05, 0) is 26.7 Å². The highest BCUT2D eigenvalue weighted by Crippen LogP contribution is 2.42. The monoisotopic (exact) mass is 372 g/mol. The van der Waals surface area contributed by atoms with E-state index in [4.69, 9.17) is 4.98 Å². The van der Waals surface area contributed by atoms with Gasteiger partial charge in [0.25, 0.3) is 0 Å². The molecule has 26 heavy (non-hydrogen) atoms. The minimum absolute atomic E-state index is 0.379. The topological polar surface area (TPSA) is 88.5 Å². The third kappa shape index (κ3) is 2.38. The number of hydrogen-bond donors (Lipinski definition) is 1. The molecule has 1 unspecified atom stereocenters. The number of rotatable bonds is 4. The summed E-state index contributed by atoms with van der Waals surface area (Å²) >= 11 is 1.67. The predicted molar refractivity (Wildman–Crippen MR) is 95.2 cm³/mol. The minimum Gasteiger partial charge on any atom is -0.480 e. The summed E-state index contributed by atoms with van der Waals surface area (Å²) in [5.74, 6) is 1.40. The van der Waals surface area contributed by atoms with Gasteiger partial charge in [0.1, 0.15) is 17.7 Å². The van der Waals surface area contributed by atoms with Gasteiger partial charge in [0, 0.05) is 23.5 Å². The second kappa shape index (κ2) is 5.62. The number of fused-ring (bicyclic) bond motifs is 2. The van der Waals surface area contributed by atoms with Crippen LogP contribution in [0.5, 0.6) is 0 Å². The number of aryl methyl sites for hydroxylation is 2. The van der Waals surface area contributed by atoms with Gasteiger partial charge in [-0.3, -0.25) is 14.1 Å². The fourth-order valence-electron chi connectivity index (χ4n) is 3.84. The van der Waals surface area contributed by atoms with Crippen LogP contribution in [0.3, 0.4) is 0 Å². The second-order valence-corrected chi connectivity index (χ2v) is 8.07. The SMILES string of the molecule is Cc1nc2scc(C3CC3)n2c1CN1Cc2nnc(C)n2CC1C(=O)O. The number of carboxylic acid groups (broad SMARTS) is 1. The van der Waals surface area contributed by atoms with Crippen molar-refractivity contribution < 1.29 is 9.90 Å². The lowest BCUT2D eigenvalue weighted by Gasteiger charge is -2.33. The lowest BCUT2D eigenvalue weighted by Crippen LogP contribution is -2.47. The molecule has 3 aromatic heterocycles. The molecule has 1 saturated carbocycles. The molecule has 8 nitrogen and oxygen atoms in total. The molecule has 2 aliphatic rings. The van der Waals surface area contributed by atoms with Crippen molar-refractivity contribution in [3.63, 3.8) is 0 Å². The van der Waals surface area contributed by atoms with Gasteiger partial charge >= 0.3 is 5.97 Å². The van der Waals surface area contributed by atoms with Crippen LogP contribution in [0, 0.1) is 13.8 Å². The van der Waals surface area contributed by atoms with Crippen molar-refractivity contribution in [1.29, 1.82) is 0 Å². The maximum atomic E-state index is 11.9. The first kappa shape index (κ1) is 16.0. The summed E-state index contributed by atoms with van der Waals surface area (Å²) in [6.07, 6.45) is 2.46. The Morgan fingerprint density at radius 2 is 2.15 bits per heavy atom. The molecule has 1 atom stereocenters. The molecule has 0 radical (unpaired) electrons. The van der Waals surface area contributed by atoms with Crippen molar-refractivity contribution in [2.45, 2.75) is 58.3 Å². The van der Waals surface area contributed by atoms with E-state index in [1.807, 2.05) is 23.3 Å². The molecule has 1 aliphatic carbocycles. The molecular weight excluding hydrogens is 352 g/mol. The second-order valence-electron chi connectivity index (χ2n) is 7.23. The van der Waals surface area contributed by atoms with Crippen molar-refractivity contribution in [3.05, 3.63) is 34.1 Å². The molecule has 1 fully saturated rings. The van der Waals surface area contributed by atoms with Gasteiger partial charge in [-0.15, -0.1) is 21.5 Å². The molecule has 0 amide bonds. The number of imidazole rings is 1. The summed E-state index contributed by atoms with van der Waals surface area (Å²) in [7, 11) is 0. The van der Waals surface area contributed by atoms with E-state index in [9.17, 15) is 9.90 Å². The quantitative estimate of drug-likeness (QED) is 0.753. The van der Waals surface area contributed by atoms with Gasteiger partial charge in [-0.1, -0.05) is 0 Å². The largest absolute Gasteiger partial charge is 0.480 e. The summed E-state index contributed by atoms with van der Waals surface area (Å²) in [6.45, 7) is 5.28. The number of carboxylic acids is 1. The number of carbonyl (C=O) groups is 1. The van der Waals surface area contributed by atoms with Crippen LogP contribution >= 0.6 is 11.3 Å². The van der Waals surface area contributed by atoms with Crippen LogP contribution in [-0.2, 0) is 24.4 Å². The van der Waals surface area contributed by atoms with Crippen LogP contribution in [-0.4, -0.2) is 46.2 Å². The molecule has 3 aromatic rings. The smallest absolute Gasteiger partial charge is 0.322 e. The molecule has 136 valence electrons. The van der Waals surface area contributed by atoms with Gasteiger partial charge in [-0.25, -0.2) is 4.98 Å². The van der Waals surface area contributed by atoms with Crippen molar-refractivity contribution >= 4 is 22.3 Å². The number of nitrogens with zero attached hydrogens (tertiary/aromatic N) is 6. The maximum absolute atomic E-state index is 11.9. The van der Waals surface area contributed by atoms with Gasteiger partial charge in [0.2, 0.25) is 0 Å². The average Bonchev–Trinajstić information content (AvgIpc) is 3.18. The maximum Gasteiger partial charge on any atom is 0.322 e. The lowest BCUT2D eigenvalue weighted by molar-refractivity contribution is -0.145. The van der Waals surface area contributed by atoms with E-state index in [0.717, 1.165) is 28.0 Å². The highest BCUT2D eigenvalue weighted by Gasteiger charge is 2.35. The predicted octanol–water partition coefficient (Wildman–Crippen LogP) is 1.95. The standard InChI is InChI=1S/C17H20N6O2S/c1-9-12(23-14(11-3-4-11)8-26-17(23)18-9)5-21-7-15-20-19-10(2)22(15)6-13(21)16(24)25/h8,11,13H,3-7H2,1-2H3,(H,24,25). The van der Waals surface area contributed by atoms with E-state index >= 15 is 0 Å². The Labute approximate surface area is 154 Å². The van der Waals surface area contributed by atoms with Crippen LogP contribution in [0.4, 0.5) is 0 Å². The Balaban J connectivity index is 1.54. The van der Waals surface area contributed by atoms with Crippen LogP contribution in [0.1, 0.15) is 47.5 Å². The van der Waals surface area contributed by atoms with E-state index in [-0.39, 0.29) is 0 Å². The molecule has 1 aliphatic heterocycles. The molecule has 5 rings (SSSR count). The molecular formula is C17H20N6O2S. The summed E-state index contributed by atoms with van der Waals surface area (Å²) < 4.78 is 4.16. The fraction of sp³-hybridized carbons (Fsp3) is 0.529. The van der Waals surface area contributed by atoms with Crippen LogP contribution in [0.25, 0.3) is 4.96 Å². The molecule has 0 aromatic carbocycles. The molecule has 4 heterocycles. The van der Waals surface area contributed by atoms with Crippen molar-refractivity contribution in [2.24, 2.45) is 0 Å². The van der Waals surface area contributed by atoms with Gasteiger partial charge < -0.3 is 9.67 Å². The average molecular weight is 372 g/mol. The highest BCUT2D eigenvalue weighted by atomic mass is 32.1. The van der Waals surface area contributed by atoms with Crippen LogP contribution in [0.2, 0.25) is 0 Å². The summed E-state index contributed by atoms with van der Waals surface area (Å²) in [5.41, 5.74) is 3.40. The third-order valence-corrected chi connectivity index (χ3v) is 6.32. The van der Waals surface area contributed by atoms with Crippen LogP contribution in [0.15, 0.2) is 5.38 Å². The number of thiazole rings is 1. The van der Waals surface area contributed by atoms with Crippen LogP contribution < -0.4 is 0 Å². The van der Waals surface area contributed by atoms with E-state index in [0.29, 0.717) is 25.6 Å². The highest BCUT2D eigenvalue weighted by molar-refractivity contribution is 7.15. The fourth-order valence-corrected chi connectivity index (χ4v) is 4.88. The molecule has 0 spiro atoms. The Morgan fingerprint density at radius 3 is 2.88 bits per heavy atom. The Bertz CT molecular complexity index is 1010. The zero-order chi connectivity index (χ0) is 18.0. The minimum atomic E-state index is -0.810. The zero-order valence-corrected chi connectivity index (χ0v) is 15.5. The van der Waals surface area contributed by atoms with Gasteiger partial charge in [0.15, 0.2) is 4.96 Å². The third-order valence-electron chi connectivity index (χ3n) is 5.47. The molecule has 9 heteroatoms. The Kier molecular flexibility index (Phi) is 3.45. The normalized spacial score (nSPS) is 20.6. The number of hydrogen-bond acceptors (Lipinski definition) is 6. The Morgan fingerprint density at radius 1 is 1.35 bits per heavy atom. The van der Waals surface area contributed by atoms with Crippen molar-refractivity contribution in [1.82, 2.24) is 29.0 Å². The lowest BCUT2D eigenvalue weighted by atomic mass is 10.1. The van der Waals surface area contributed by atoms with Gasteiger partial charge in [0.05, 0.1) is 24.5 Å². The number of aromatic nitrogens is 5. The van der Waals surface area contributed by atoms with E-state index in [1.165, 1.54) is 18.5 Å². The summed E-state index contributed by atoms with van der Waals surface area (Å²) in [4.78, 5) is 19.6. The zero-order valence-electron chi connectivity index (χ0n) is 14.7. The first-order chi connectivity index (χ1) is 12.5. The van der Waals surface area contributed by atoms with Crippen molar-refractivity contribution in [3.8, 4) is 0 Å². The summed E-state index contributed by atoms with van der Waals surface area (Å²) in [5, 5.41) is 20.3. The first-order valence-corrected chi connectivity index (χ1v) is 9.71. The van der Waals surface area contributed by atoms with Gasteiger partial charge in [-0.2, -0.15) is 0 Å². The number of aliphatic carboxylic acids is 1. The molecule has 0 bridgehead atoms. The van der Waals surface area contributed by atoms with E-state index in [1.54, 1.807) is 11.3 Å². The Hall–Kier alpha value is -2.26. The van der Waals surface area contributed by atoms with E-state index < -0.39 is 12.0 Å². The molecule has 0 saturated heterocycles. The summed E-state index contributed by atoms with van der Waals surface area (Å²) in [6, 6.07) is -0.592. The van der Waals surface area contributed by atoms with Crippen molar-refractivity contribution in [2.75, 3.05) is 0 Å². The molecule has 1 N–H and O–H groups in total.